The number of hydrogen-bond acceptors (Lipinski definition) is 2. The van der Waals surface area contributed by atoms with Crippen LogP contribution in [0.2, 0.25) is 0 Å². The smallest absolute Gasteiger partial charge is 0.137 e. The van der Waals surface area contributed by atoms with Gasteiger partial charge in [-0.05, 0) is 52.5 Å². The molecule has 1 unspecified atom stereocenters. The summed E-state index contributed by atoms with van der Waals surface area (Å²) in [5.41, 5.74) is 3.16. The van der Waals surface area contributed by atoms with E-state index >= 15 is 0 Å². The molecule has 2 aromatic rings. The zero-order chi connectivity index (χ0) is 15.4. The number of hydrogen-bond donors (Lipinski definition) is 2. The van der Waals surface area contributed by atoms with Crippen LogP contribution in [-0.2, 0) is 12.8 Å². The van der Waals surface area contributed by atoms with Crippen LogP contribution >= 0.6 is 15.9 Å². The van der Waals surface area contributed by atoms with E-state index in [0.29, 0.717) is 16.5 Å². The van der Waals surface area contributed by atoms with Crippen LogP contribution in [0.4, 0.5) is 13.2 Å². The Kier molecular flexibility index (Phi) is 5.39. The Morgan fingerprint density at radius 3 is 2.14 bits per heavy atom. The molecular formula is C15H14BrF3N2. The van der Waals surface area contributed by atoms with Crippen LogP contribution in [0.25, 0.3) is 0 Å². The molecule has 1 atom stereocenters. The van der Waals surface area contributed by atoms with Crippen LogP contribution < -0.4 is 11.3 Å². The van der Waals surface area contributed by atoms with Crippen molar-refractivity contribution in [2.75, 3.05) is 0 Å². The van der Waals surface area contributed by atoms with Crippen LogP contribution in [0.15, 0.2) is 40.9 Å². The van der Waals surface area contributed by atoms with Crippen molar-refractivity contribution in [3.63, 3.8) is 0 Å². The molecule has 0 aromatic heterocycles. The topological polar surface area (TPSA) is 38.0 Å². The van der Waals surface area contributed by atoms with Gasteiger partial charge < -0.3 is 0 Å². The molecule has 6 heteroatoms. The molecule has 3 N–H and O–H groups in total. The number of nitrogens with one attached hydrogen (secondary N) is 1. The average molecular weight is 359 g/mol. The Balaban J connectivity index is 2.19. The molecule has 2 aromatic carbocycles. The molecule has 0 aliphatic carbocycles. The summed E-state index contributed by atoms with van der Waals surface area (Å²) in [6, 6.07) is 7.92. The number of halogens is 4. The highest BCUT2D eigenvalue weighted by Gasteiger charge is 2.17. The lowest BCUT2D eigenvalue weighted by molar-refractivity contribution is 0.483. The third-order valence-corrected chi connectivity index (χ3v) is 4.13. The van der Waals surface area contributed by atoms with Gasteiger partial charge in [0.05, 0.1) is 4.47 Å². The fraction of sp³-hybridized carbons (Fsp3) is 0.200. The Bertz CT molecular complexity index is 614. The first kappa shape index (κ1) is 16.0. The van der Waals surface area contributed by atoms with E-state index in [9.17, 15) is 13.2 Å². The molecule has 2 rings (SSSR count). The zero-order valence-electron chi connectivity index (χ0n) is 11.0. The second kappa shape index (κ2) is 7.06. The van der Waals surface area contributed by atoms with Crippen molar-refractivity contribution in [1.29, 1.82) is 0 Å². The molecule has 0 radical (unpaired) electrons. The summed E-state index contributed by atoms with van der Waals surface area (Å²) < 4.78 is 41.1. The number of rotatable bonds is 5. The first-order valence-corrected chi connectivity index (χ1v) is 7.14. The molecule has 0 amide bonds. The van der Waals surface area contributed by atoms with E-state index in [0.717, 1.165) is 0 Å². The second-order valence-electron chi connectivity index (χ2n) is 4.68. The fourth-order valence-electron chi connectivity index (χ4n) is 2.14. The SMILES string of the molecule is NNC(Cc1cccc(F)c1Br)Cc1c(F)cccc1F. The lowest BCUT2D eigenvalue weighted by atomic mass is 9.98. The van der Waals surface area contributed by atoms with E-state index in [4.69, 9.17) is 5.84 Å². The summed E-state index contributed by atoms with van der Waals surface area (Å²) in [7, 11) is 0. The van der Waals surface area contributed by atoms with Gasteiger partial charge in [-0.2, -0.15) is 0 Å². The lowest BCUT2D eigenvalue weighted by Gasteiger charge is -2.18. The van der Waals surface area contributed by atoms with Gasteiger partial charge in [-0.3, -0.25) is 11.3 Å². The van der Waals surface area contributed by atoms with Crippen molar-refractivity contribution in [3.05, 3.63) is 69.4 Å². The Morgan fingerprint density at radius 2 is 1.52 bits per heavy atom. The molecule has 112 valence electrons. The Morgan fingerprint density at radius 1 is 0.952 bits per heavy atom. The van der Waals surface area contributed by atoms with Crippen molar-refractivity contribution in [3.8, 4) is 0 Å². The third kappa shape index (κ3) is 3.84. The highest BCUT2D eigenvalue weighted by molar-refractivity contribution is 9.10. The van der Waals surface area contributed by atoms with Gasteiger partial charge in [-0.15, -0.1) is 0 Å². The van der Waals surface area contributed by atoms with E-state index in [1.807, 2.05) is 0 Å². The van der Waals surface area contributed by atoms with E-state index in [1.54, 1.807) is 12.1 Å². The minimum Gasteiger partial charge on any atom is -0.271 e. The maximum absolute atomic E-state index is 13.7. The highest BCUT2D eigenvalue weighted by atomic mass is 79.9. The molecular weight excluding hydrogens is 345 g/mol. The summed E-state index contributed by atoms with van der Waals surface area (Å²) >= 11 is 3.16. The average Bonchev–Trinajstić information content (AvgIpc) is 2.46. The first-order valence-electron chi connectivity index (χ1n) is 6.34. The molecule has 0 bridgehead atoms. The van der Waals surface area contributed by atoms with Crippen LogP contribution in [0.5, 0.6) is 0 Å². The molecule has 2 nitrogen and oxygen atoms in total. The van der Waals surface area contributed by atoms with Gasteiger partial charge in [0.15, 0.2) is 0 Å². The predicted octanol–water partition coefficient (Wildman–Crippen LogP) is 3.48. The van der Waals surface area contributed by atoms with Crippen LogP contribution in [0.3, 0.4) is 0 Å². The van der Waals surface area contributed by atoms with Crippen molar-refractivity contribution in [1.82, 2.24) is 5.43 Å². The van der Waals surface area contributed by atoms with Gasteiger partial charge in [-0.1, -0.05) is 18.2 Å². The molecule has 0 heterocycles. The molecule has 21 heavy (non-hydrogen) atoms. The normalized spacial score (nSPS) is 12.4. The second-order valence-corrected chi connectivity index (χ2v) is 5.48. The maximum Gasteiger partial charge on any atom is 0.137 e. The third-order valence-electron chi connectivity index (χ3n) is 3.25. The Labute approximate surface area is 129 Å². The van der Waals surface area contributed by atoms with E-state index in [2.05, 4.69) is 21.4 Å². The number of nitrogens with two attached hydrogens (primary N) is 1. The van der Waals surface area contributed by atoms with Gasteiger partial charge in [0.25, 0.3) is 0 Å². The lowest BCUT2D eigenvalue weighted by Crippen LogP contribution is -2.39. The van der Waals surface area contributed by atoms with Gasteiger partial charge in [-0.25, -0.2) is 13.2 Å². The van der Waals surface area contributed by atoms with Gasteiger partial charge >= 0.3 is 0 Å². The van der Waals surface area contributed by atoms with E-state index in [-0.39, 0.29) is 17.8 Å². The van der Waals surface area contributed by atoms with Gasteiger partial charge in [0.1, 0.15) is 17.5 Å². The molecule has 0 fully saturated rings. The summed E-state index contributed by atoms with van der Waals surface area (Å²) in [4.78, 5) is 0. The van der Waals surface area contributed by atoms with Crippen molar-refractivity contribution < 1.29 is 13.2 Å². The Hall–Kier alpha value is -1.37. The quantitative estimate of drug-likeness (QED) is 0.634. The van der Waals surface area contributed by atoms with Crippen LogP contribution in [0, 0.1) is 17.5 Å². The monoisotopic (exact) mass is 358 g/mol. The van der Waals surface area contributed by atoms with Crippen molar-refractivity contribution in [2.45, 2.75) is 18.9 Å². The van der Waals surface area contributed by atoms with Crippen LogP contribution in [0.1, 0.15) is 11.1 Å². The molecule has 0 saturated heterocycles. The van der Waals surface area contributed by atoms with E-state index < -0.39 is 17.7 Å². The standard InChI is InChI=1S/C15H14BrF3N2/c16-15-9(3-1-6-14(15)19)7-10(21-20)8-11-12(17)4-2-5-13(11)18/h1-6,10,21H,7-8,20H2. The van der Waals surface area contributed by atoms with Crippen molar-refractivity contribution in [2.24, 2.45) is 5.84 Å². The zero-order valence-corrected chi connectivity index (χ0v) is 12.6. The molecule has 0 aliphatic rings. The number of hydrazine groups is 1. The fourth-order valence-corrected chi connectivity index (χ4v) is 2.56. The minimum absolute atomic E-state index is 0.0343. The summed E-state index contributed by atoms with van der Waals surface area (Å²) in [5.74, 6) is 3.83. The van der Waals surface area contributed by atoms with E-state index in [1.165, 1.54) is 24.3 Å². The first-order chi connectivity index (χ1) is 10.0. The van der Waals surface area contributed by atoms with Crippen LogP contribution in [-0.4, -0.2) is 6.04 Å². The minimum atomic E-state index is -0.617. The largest absolute Gasteiger partial charge is 0.271 e. The molecule has 0 aliphatic heterocycles. The molecule has 0 spiro atoms. The summed E-state index contributed by atoms with van der Waals surface area (Å²) in [6.45, 7) is 0. The number of benzene rings is 2. The summed E-state index contributed by atoms with van der Waals surface area (Å²) in [6.07, 6.45) is 0.403. The maximum atomic E-state index is 13.7. The molecule has 0 saturated carbocycles. The predicted molar refractivity (Wildman–Crippen MR) is 79.0 cm³/mol. The van der Waals surface area contributed by atoms with Crippen molar-refractivity contribution >= 4 is 15.9 Å². The highest BCUT2D eigenvalue weighted by Crippen LogP contribution is 2.23. The summed E-state index contributed by atoms with van der Waals surface area (Å²) in [5, 5.41) is 0. The van der Waals surface area contributed by atoms with Gasteiger partial charge in [0, 0.05) is 11.6 Å². The van der Waals surface area contributed by atoms with Gasteiger partial charge in [0.2, 0.25) is 0 Å².